The Bertz CT molecular complexity index is 492. The van der Waals surface area contributed by atoms with Crippen LogP contribution in [0, 0.1) is 11.8 Å². The topological polar surface area (TPSA) is 41.5 Å². The molecule has 1 saturated carbocycles. The van der Waals surface area contributed by atoms with Gasteiger partial charge in [0.25, 0.3) is 0 Å². The molecule has 2 unspecified atom stereocenters. The minimum atomic E-state index is 0.335. The fraction of sp³-hybridized carbons (Fsp3) is 0.647. The summed E-state index contributed by atoms with van der Waals surface area (Å²) < 4.78 is 6.90. The van der Waals surface area contributed by atoms with Crippen LogP contribution in [0.2, 0.25) is 0 Å². The van der Waals surface area contributed by atoms with E-state index in [9.17, 15) is 5.11 Å². The third kappa shape index (κ3) is 3.61. The van der Waals surface area contributed by atoms with E-state index >= 15 is 0 Å². The number of ether oxygens (including phenoxy) is 1. The van der Waals surface area contributed by atoms with Crippen molar-refractivity contribution >= 4 is 15.9 Å². The second-order valence-electron chi connectivity index (χ2n) is 6.27. The van der Waals surface area contributed by atoms with Crippen LogP contribution in [0.3, 0.4) is 0 Å². The first kappa shape index (κ1) is 15.3. The van der Waals surface area contributed by atoms with E-state index in [1.54, 1.807) is 0 Å². The zero-order valence-electron chi connectivity index (χ0n) is 12.4. The Hall–Kier alpha value is -0.580. The summed E-state index contributed by atoms with van der Waals surface area (Å²) in [6.07, 6.45) is 6.01. The van der Waals surface area contributed by atoms with Gasteiger partial charge < -0.3 is 15.2 Å². The molecule has 2 N–H and O–H groups in total. The van der Waals surface area contributed by atoms with E-state index in [2.05, 4.69) is 33.4 Å². The molecule has 1 heterocycles. The zero-order valence-corrected chi connectivity index (χ0v) is 14.0. The fourth-order valence-electron chi connectivity index (χ4n) is 3.66. The summed E-state index contributed by atoms with van der Waals surface area (Å²) in [6.45, 7) is 2.97. The summed E-state index contributed by atoms with van der Waals surface area (Å²) >= 11 is 3.59. The maximum Gasteiger partial charge on any atom is 0.127 e. The number of aliphatic hydroxyl groups excluding tert-OH is 1. The number of aliphatic hydroxyl groups is 1. The number of halogens is 1. The van der Waals surface area contributed by atoms with Gasteiger partial charge in [-0.3, -0.25) is 0 Å². The number of hydrogen-bond acceptors (Lipinski definition) is 3. The Balaban J connectivity index is 1.58. The molecular formula is C17H24BrNO2. The van der Waals surface area contributed by atoms with E-state index < -0.39 is 0 Å². The minimum Gasteiger partial charge on any atom is -0.493 e. The lowest BCUT2D eigenvalue weighted by Crippen LogP contribution is -2.32. The first-order valence-electron chi connectivity index (χ1n) is 8.03. The van der Waals surface area contributed by atoms with Crippen LogP contribution in [-0.2, 0) is 13.0 Å². The first-order valence-corrected chi connectivity index (χ1v) is 8.83. The van der Waals surface area contributed by atoms with Crippen LogP contribution < -0.4 is 10.1 Å². The molecule has 0 saturated heterocycles. The minimum absolute atomic E-state index is 0.335. The van der Waals surface area contributed by atoms with Gasteiger partial charge in [-0.15, -0.1) is 0 Å². The quantitative estimate of drug-likeness (QED) is 0.853. The van der Waals surface area contributed by atoms with E-state index in [4.69, 9.17) is 4.74 Å². The molecule has 1 aliphatic heterocycles. The van der Waals surface area contributed by atoms with Crippen LogP contribution in [-0.4, -0.2) is 24.9 Å². The number of rotatable bonds is 5. The summed E-state index contributed by atoms with van der Waals surface area (Å²) in [5, 5.41) is 13.1. The van der Waals surface area contributed by atoms with Crippen molar-refractivity contribution in [3.8, 4) is 5.75 Å². The molecule has 1 aliphatic carbocycles. The van der Waals surface area contributed by atoms with Crippen LogP contribution in [0.25, 0.3) is 0 Å². The van der Waals surface area contributed by atoms with E-state index in [1.165, 1.54) is 36.8 Å². The maximum atomic E-state index is 9.49. The first-order chi connectivity index (χ1) is 10.3. The second-order valence-corrected chi connectivity index (χ2v) is 7.19. The van der Waals surface area contributed by atoms with Crippen molar-refractivity contribution in [2.75, 3.05) is 19.8 Å². The standard InChI is InChI=1S/C17H24BrNO2/c18-16-7-12-5-6-21-17(12)15(8-16)10-19-9-13-3-1-2-4-14(13)11-20/h7-8,13-14,19-20H,1-6,9-11H2. The summed E-state index contributed by atoms with van der Waals surface area (Å²) in [5.41, 5.74) is 2.56. The van der Waals surface area contributed by atoms with Crippen molar-refractivity contribution in [1.29, 1.82) is 0 Å². The van der Waals surface area contributed by atoms with Crippen molar-refractivity contribution in [2.24, 2.45) is 11.8 Å². The molecule has 2 atom stereocenters. The average molecular weight is 354 g/mol. The maximum absolute atomic E-state index is 9.49. The van der Waals surface area contributed by atoms with Gasteiger partial charge in [-0.25, -0.2) is 0 Å². The van der Waals surface area contributed by atoms with Crippen molar-refractivity contribution in [3.63, 3.8) is 0 Å². The third-order valence-corrected chi connectivity index (χ3v) is 5.31. The number of benzene rings is 1. The zero-order chi connectivity index (χ0) is 14.7. The lowest BCUT2D eigenvalue weighted by atomic mass is 9.79. The van der Waals surface area contributed by atoms with Gasteiger partial charge in [0.1, 0.15) is 5.75 Å². The van der Waals surface area contributed by atoms with E-state index in [0.29, 0.717) is 18.4 Å². The molecule has 0 bridgehead atoms. The molecule has 3 nitrogen and oxygen atoms in total. The Morgan fingerprint density at radius 3 is 2.86 bits per heavy atom. The highest BCUT2D eigenvalue weighted by Gasteiger charge is 2.24. The normalized spacial score (nSPS) is 24.7. The van der Waals surface area contributed by atoms with Crippen molar-refractivity contribution in [2.45, 2.75) is 38.6 Å². The molecule has 21 heavy (non-hydrogen) atoms. The van der Waals surface area contributed by atoms with Crippen LogP contribution in [0.1, 0.15) is 36.8 Å². The van der Waals surface area contributed by atoms with Gasteiger partial charge in [0.15, 0.2) is 0 Å². The van der Waals surface area contributed by atoms with Crippen molar-refractivity contribution < 1.29 is 9.84 Å². The van der Waals surface area contributed by atoms with Gasteiger partial charge in [0, 0.05) is 29.6 Å². The molecule has 1 aromatic rings. The molecule has 0 aromatic heterocycles. The SMILES string of the molecule is OCC1CCCCC1CNCc1cc(Br)cc2c1OCC2. The molecule has 3 rings (SSSR count). The molecule has 2 aliphatic rings. The van der Waals surface area contributed by atoms with Crippen LogP contribution in [0.4, 0.5) is 0 Å². The average Bonchev–Trinajstić information content (AvgIpc) is 2.96. The molecular weight excluding hydrogens is 330 g/mol. The highest BCUT2D eigenvalue weighted by Crippen LogP contribution is 2.33. The van der Waals surface area contributed by atoms with Gasteiger partial charge in [-0.2, -0.15) is 0 Å². The third-order valence-electron chi connectivity index (χ3n) is 4.85. The predicted molar refractivity (Wildman–Crippen MR) is 87.6 cm³/mol. The molecule has 1 aromatic carbocycles. The Kier molecular flexibility index (Phi) is 5.19. The van der Waals surface area contributed by atoms with Crippen LogP contribution >= 0.6 is 15.9 Å². The number of hydrogen-bond donors (Lipinski definition) is 2. The number of nitrogens with one attached hydrogen (secondary N) is 1. The van der Waals surface area contributed by atoms with Gasteiger partial charge in [-0.05, 0) is 48.9 Å². The second kappa shape index (κ2) is 7.12. The molecule has 1 fully saturated rings. The van der Waals surface area contributed by atoms with Gasteiger partial charge in [0.2, 0.25) is 0 Å². The molecule has 0 amide bonds. The molecule has 4 heteroatoms. The molecule has 116 valence electrons. The predicted octanol–water partition coefficient (Wildman–Crippen LogP) is 3.27. The van der Waals surface area contributed by atoms with Crippen molar-refractivity contribution in [1.82, 2.24) is 5.32 Å². The van der Waals surface area contributed by atoms with Crippen molar-refractivity contribution in [3.05, 3.63) is 27.7 Å². The van der Waals surface area contributed by atoms with E-state index in [0.717, 1.165) is 36.3 Å². The van der Waals surface area contributed by atoms with Gasteiger partial charge in [0.05, 0.1) is 6.61 Å². The highest BCUT2D eigenvalue weighted by molar-refractivity contribution is 9.10. The van der Waals surface area contributed by atoms with Gasteiger partial charge in [-0.1, -0.05) is 28.8 Å². The summed E-state index contributed by atoms with van der Waals surface area (Å²) in [4.78, 5) is 0. The lowest BCUT2D eigenvalue weighted by molar-refractivity contribution is 0.133. The lowest BCUT2D eigenvalue weighted by Gasteiger charge is -2.30. The Morgan fingerprint density at radius 1 is 1.24 bits per heavy atom. The largest absolute Gasteiger partial charge is 0.493 e. The van der Waals surface area contributed by atoms with E-state index in [1.807, 2.05) is 0 Å². The fourth-order valence-corrected chi connectivity index (χ4v) is 4.22. The Morgan fingerprint density at radius 2 is 2.05 bits per heavy atom. The summed E-state index contributed by atoms with van der Waals surface area (Å²) in [6, 6.07) is 4.32. The summed E-state index contributed by atoms with van der Waals surface area (Å²) in [7, 11) is 0. The van der Waals surface area contributed by atoms with Gasteiger partial charge >= 0.3 is 0 Å². The van der Waals surface area contributed by atoms with Crippen LogP contribution in [0.15, 0.2) is 16.6 Å². The molecule has 0 radical (unpaired) electrons. The van der Waals surface area contributed by atoms with E-state index in [-0.39, 0.29) is 0 Å². The smallest absolute Gasteiger partial charge is 0.127 e. The highest BCUT2D eigenvalue weighted by atomic mass is 79.9. The monoisotopic (exact) mass is 353 g/mol. The van der Waals surface area contributed by atoms with Crippen LogP contribution in [0.5, 0.6) is 5.75 Å². The Labute approximate surface area is 135 Å². The summed E-state index contributed by atoms with van der Waals surface area (Å²) in [5.74, 6) is 2.17. The number of fused-ring (bicyclic) bond motifs is 1. The molecule has 0 spiro atoms.